The molecule has 15 heavy (non-hydrogen) atoms. The molecule has 0 aliphatic carbocycles. The maximum absolute atomic E-state index is 10.7. The van der Waals surface area contributed by atoms with Gasteiger partial charge < -0.3 is 15.2 Å². The lowest BCUT2D eigenvalue weighted by Crippen LogP contribution is -2.39. The van der Waals surface area contributed by atoms with Crippen LogP contribution in [0.15, 0.2) is 0 Å². The van der Waals surface area contributed by atoms with Crippen molar-refractivity contribution in [2.24, 2.45) is 0 Å². The first-order chi connectivity index (χ1) is 6.91. The fourth-order valence-electron chi connectivity index (χ4n) is 1.45. The minimum absolute atomic E-state index is 0.0163. The molecule has 0 bridgehead atoms. The summed E-state index contributed by atoms with van der Waals surface area (Å²) in [5, 5.41) is 12.0. The third kappa shape index (κ3) is 7.33. The summed E-state index contributed by atoms with van der Waals surface area (Å²) in [6.07, 6.45) is 1.85. The number of carboxylic acids is 1. The van der Waals surface area contributed by atoms with Crippen LogP contribution in [0.3, 0.4) is 0 Å². The molecule has 0 aromatic heterocycles. The molecular formula is C11H23NO3. The van der Waals surface area contributed by atoms with Gasteiger partial charge in [-0.3, -0.25) is 4.79 Å². The topological polar surface area (TPSA) is 58.6 Å². The molecule has 0 radical (unpaired) electrons. The zero-order chi connectivity index (χ0) is 11.9. The summed E-state index contributed by atoms with van der Waals surface area (Å²) in [6.45, 7) is 6.84. The van der Waals surface area contributed by atoms with Gasteiger partial charge in [-0.2, -0.15) is 0 Å². The first-order valence-electron chi connectivity index (χ1n) is 5.41. The molecule has 0 aromatic rings. The van der Waals surface area contributed by atoms with E-state index in [4.69, 9.17) is 9.84 Å². The first-order valence-corrected chi connectivity index (χ1v) is 5.41. The van der Waals surface area contributed by atoms with Gasteiger partial charge in [-0.25, -0.2) is 0 Å². The zero-order valence-electron chi connectivity index (χ0n) is 10.2. The Hall–Kier alpha value is -0.610. The third-order valence-electron chi connectivity index (χ3n) is 2.39. The van der Waals surface area contributed by atoms with Gasteiger partial charge in [0.25, 0.3) is 0 Å². The van der Waals surface area contributed by atoms with Crippen molar-refractivity contribution in [2.75, 3.05) is 13.7 Å². The van der Waals surface area contributed by atoms with Crippen molar-refractivity contribution >= 4 is 5.97 Å². The Kier molecular flexibility index (Phi) is 6.52. The maximum Gasteiger partial charge on any atom is 0.304 e. The minimum Gasteiger partial charge on any atom is -0.481 e. The summed E-state index contributed by atoms with van der Waals surface area (Å²) < 4.78 is 5.30. The van der Waals surface area contributed by atoms with Crippen LogP contribution in [0.1, 0.15) is 40.0 Å². The molecule has 0 fully saturated rings. The number of carbonyl (C=O) groups is 1. The van der Waals surface area contributed by atoms with Gasteiger partial charge in [-0.1, -0.05) is 6.92 Å². The van der Waals surface area contributed by atoms with E-state index in [9.17, 15) is 4.79 Å². The summed E-state index contributed by atoms with van der Waals surface area (Å²) in [6, 6.07) is -0.0163. The smallest absolute Gasteiger partial charge is 0.304 e. The van der Waals surface area contributed by atoms with Gasteiger partial charge >= 0.3 is 5.97 Å². The van der Waals surface area contributed by atoms with Crippen molar-refractivity contribution in [1.82, 2.24) is 5.32 Å². The van der Waals surface area contributed by atoms with Gasteiger partial charge in [-0.15, -0.1) is 0 Å². The number of carboxylic acid groups (broad SMARTS) is 1. The predicted octanol–water partition coefficient (Wildman–Crippen LogP) is 1.64. The lowest BCUT2D eigenvalue weighted by atomic mass is 9.96. The average molecular weight is 217 g/mol. The fourth-order valence-corrected chi connectivity index (χ4v) is 1.45. The van der Waals surface area contributed by atoms with Crippen LogP contribution in [-0.4, -0.2) is 36.4 Å². The molecule has 0 rings (SSSR count). The Bertz CT molecular complexity index is 192. The minimum atomic E-state index is -0.768. The number of hydrogen-bond acceptors (Lipinski definition) is 3. The lowest BCUT2D eigenvalue weighted by Gasteiger charge is -2.28. The van der Waals surface area contributed by atoms with Crippen LogP contribution in [0, 0.1) is 0 Å². The van der Waals surface area contributed by atoms with E-state index in [-0.39, 0.29) is 18.1 Å². The van der Waals surface area contributed by atoms with Crippen molar-refractivity contribution < 1.29 is 14.6 Å². The second-order valence-electron chi connectivity index (χ2n) is 4.42. The van der Waals surface area contributed by atoms with Crippen LogP contribution in [0.25, 0.3) is 0 Å². The molecule has 2 N–H and O–H groups in total. The highest BCUT2D eigenvalue weighted by atomic mass is 16.5. The van der Waals surface area contributed by atoms with E-state index >= 15 is 0 Å². The quantitative estimate of drug-likeness (QED) is 0.649. The highest BCUT2D eigenvalue weighted by Gasteiger charge is 2.23. The lowest BCUT2D eigenvalue weighted by molar-refractivity contribution is -0.137. The Morgan fingerprint density at radius 1 is 1.53 bits per heavy atom. The van der Waals surface area contributed by atoms with E-state index < -0.39 is 5.97 Å². The largest absolute Gasteiger partial charge is 0.481 e. The Morgan fingerprint density at radius 3 is 2.53 bits per heavy atom. The van der Waals surface area contributed by atoms with Gasteiger partial charge in [0, 0.05) is 13.2 Å². The normalized spacial score (nSPS) is 13.9. The molecule has 0 amide bonds. The van der Waals surface area contributed by atoms with Crippen molar-refractivity contribution in [2.45, 2.75) is 51.7 Å². The van der Waals surface area contributed by atoms with Crippen molar-refractivity contribution in [1.29, 1.82) is 0 Å². The van der Waals surface area contributed by atoms with E-state index in [1.165, 1.54) is 0 Å². The molecule has 0 aliphatic heterocycles. The number of hydrogen-bond donors (Lipinski definition) is 2. The molecule has 4 heteroatoms. The third-order valence-corrected chi connectivity index (χ3v) is 2.39. The maximum atomic E-state index is 10.7. The second kappa shape index (κ2) is 6.80. The summed E-state index contributed by atoms with van der Waals surface area (Å²) in [4.78, 5) is 10.7. The van der Waals surface area contributed by atoms with E-state index in [0.717, 1.165) is 13.0 Å². The van der Waals surface area contributed by atoms with Gasteiger partial charge in [0.05, 0.1) is 12.0 Å². The number of methoxy groups -OCH3 is 1. The number of aliphatic carboxylic acids is 1. The molecule has 0 aliphatic rings. The summed E-state index contributed by atoms with van der Waals surface area (Å²) >= 11 is 0. The molecule has 4 nitrogen and oxygen atoms in total. The van der Waals surface area contributed by atoms with Crippen molar-refractivity contribution in [3.05, 3.63) is 0 Å². The zero-order valence-corrected chi connectivity index (χ0v) is 10.2. The second-order valence-corrected chi connectivity index (χ2v) is 4.42. The van der Waals surface area contributed by atoms with Crippen LogP contribution in [-0.2, 0) is 9.53 Å². The van der Waals surface area contributed by atoms with E-state index in [1.807, 2.05) is 13.8 Å². The molecule has 1 atom stereocenters. The molecule has 0 aromatic carbocycles. The average Bonchev–Trinajstić information content (AvgIpc) is 2.13. The number of nitrogens with one attached hydrogen (secondary N) is 1. The van der Waals surface area contributed by atoms with Crippen molar-refractivity contribution in [3.8, 4) is 0 Å². The Balaban J connectivity index is 4.16. The number of rotatable bonds is 8. The number of ether oxygens (including phenoxy) is 1. The van der Waals surface area contributed by atoms with Gasteiger partial charge in [-0.05, 0) is 33.2 Å². The Morgan fingerprint density at radius 2 is 2.13 bits per heavy atom. The standard InChI is InChI=1S/C11H23NO3/c1-5-6-12-9(7-10(13)14)8-11(2,3)15-4/h9,12H,5-8H2,1-4H3,(H,13,14). The van der Waals surface area contributed by atoms with Gasteiger partial charge in [0.2, 0.25) is 0 Å². The SMILES string of the molecule is CCCNC(CC(=O)O)CC(C)(C)OC. The van der Waals surface area contributed by atoms with Crippen molar-refractivity contribution in [3.63, 3.8) is 0 Å². The van der Waals surface area contributed by atoms with Crippen LogP contribution in [0.5, 0.6) is 0 Å². The van der Waals surface area contributed by atoms with Crippen LogP contribution in [0.4, 0.5) is 0 Å². The predicted molar refractivity (Wildman–Crippen MR) is 60.0 cm³/mol. The summed E-state index contributed by atoms with van der Waals surface area (Å²) in [5.74, 6) is -0.768. The highest BCUT2D eigenvalue weighted by molar-refractivity contribution is 5.67. The summed E-state index contributed by atoms with van der Waals surface area (Å²) in [5.41, 5.74) is -0.277. The molecule has 1 unspecified atom stereocenters. The van der Waals surface area contributed by atoms with E-state index in [2.05, 4.69) is 12.2 Å². The molecule has 0 spiro atoms. The summed E-state index contributed by atoms with van der Waals surface area (Å²) in [7, 11) is 1.65. The van der Waals surface area contributed by atoms with Crippen LogP contribution >= 0.6 is 0 Å². The molecule has 90 valence electrons. The monoisotopic (exact) mass is 217 g/mol. The fraction of sp³-hybridized carbons (Fsp3) is 0.909. The molecule has 0 saturated carbocycles. The molecular weight excluding hydrogens is 194 g/mol. The molecule has 0 saturated heterocycles. The highest BCUT2D eigenvalue weighted by Crippen LogP contribution is 2.17. The van der Waals surface area contributed by atoms with Crippen LogP contribution < -0.4 is 5.32 Å². The van der Waals surface area contributed by atoms with E-state index in [1.54, 1.807) is 7.11 Å². The Labute approximate surface area is 92.0 Å². The van der Waals surface area contributed by atoms with Gasteiger partial charge in [0.15, 0.2) is 0 Å². The van der Waals surface area contributed by atoms with Gasteiger partial charge in [0.1, 0.15) is 0 Å². The molecule has 0 heterocycles. The van der Waals surface area contributed by atoms with E-state index in [0.29, 0.717) is 6.42 Å². The van der Waals surface area contributed by atoms with Crippen LogP contribution in [0.2, 0.25) is 0 Å². The first kappa shape index (κ1) is 14.4.